The Morgan fingerprint density at radius 2 is 1.74 bits per heavy atom. The molecule has 7 nitrogen and oxygen atoms in total. The van der Waals surface area contributed by atoms with Gasteiger partial charge in [0, 0.05) is 26.2 Å². The first-order chi connectivity index (χ1) is 10.8. The molecule has 2 aliphatic heterocycles. The van der Waals surface area contributed by atoms with Gasteiger partial charge < -0.3 is 9.64 Å². The third-order valence-corrected chi connectivity index (χ3v) is 5.90. The predicted molar refractivity (Wildman–Crippen MR) is 85.1 cm³/mol. The second-order valence-electron chi connectivity index (χ2n) is 6.31. The molecule has 0 saturated carbocycles. The zero-order valence-corrected chi connectivity index (χ0v) is 14.7. The van der Waals surface area contributed by atoms with Gasteiger partial charge in [-0.15, -0.1) is 0 Å². The molecule has 1 amide bonds. The zero-order chi connectivity index (χ0) is 17.0. The summed E-state index contributed by atoms with van der Waals surface area (Å²) in [4.78, 5) is 26.1. The van der Waals surface area contributed by atoms with Gasteiger partial charge in [0.15, 0.2) is 0 Å². The molecular formula is C15H26N2O5S. The second-order valence-corrected chi connectivity index (χ2v) is 8.29. The van der Waals surface area contributed by atoms with E-state index in [0.29, 0.717) is 45.5 Å². The van der Waals surface area contributed by atoms with Crippen LogP contribution in [0.15, 0.2) is 0 Å². The van der Waals surface area contributed by atoms with Gasteiger partial charge in [-0.25, -0.2) is 12.7 Å². The molecule has 2 heterocycles. The summed E-state index contributed by atoms with van der Waals surface area (Å²) in [5.74, 6) is -0.559. The van der Waals surface area contributed by atoms with Gasteiger partial charge in [0.05, 0.1) is 24.7 Å². The monoisotopic (exact) mass is 346 g/mol. The predicted octanol–water partition coefficient (Wildman–Crippen LogP) is 0.460. The molecule has 0 aliphatic carbocycles. The zero-order valence-electron chi connectivity index (χ0n) is 13.9. The number of carbonyl (C=O) groups is 2. The smallest absolute Gasteiger partial charge is 0.309 e. The summed E-state index contributed by atoms with van der Waals surface area (Å²) < 4.78 is 29.7. The molecule has 0 unspecified atom stereocenters. The highest BCUT2D eigenvalue weighted by Crippen LogP contribution is 2.24. The van der Waals surface area contributed by atoms with Crippen molar-refractivity contribution in [2.75, 3.05) is 39.0 Å². The van der Waals surface area contributed by atoms with Gasteiger partial charge in [0.1, 0.15) is 0 Å². The molecule has 132 valence electrons. The lowest BCUT2D eigenvalue weighted by molar-refractivity contribution is -0.152. The highest BCUT2D eigenvalue weighted by Gasteiger charge is 2.35. The van der Waals surface area contributed by atoms with Gasteiger partial charge >= 0.3 is 5.97 Å². The summed E-state index contributed by atoms with van der Waals surface area (Å²) >= 11 is 0. The average molecular weight is 346 g/mol. The number of amides is 1. The van der Waals surface area contributed by atoms with E-state index >= 15 is 0 Å². The van der Waals surface area contributed by atoms with Crippen LogP contribution in [0.3, 0.4) is 0 Å². The minimum Gasteiger partial charge on any atom is -0.466 e. The van der Waals surface area contributed by atoms with Crippen molar-refractivity contribution in [1.82, 2.24) is 9.21 Å². The number of hydrogen-bond acceptors (Lipinski definition) is 5. The quantitative estimate of drug-likeness (QED) is 0.691. The summed E-state index contributed by atoms with van der Waals surface area (Å²) in [7, 11) is -3.25. The Balaban J connectivity index is 1.88. The van der Waals surface area contributed by atoms with Crippen molar-refractivity contribution in [2.24, 2.45) is 11.8 Å². The molecule has 2 fully saturated rings. The number of sulfonamides is 1. The fraction of sp³-hybridized carbons (Fsp3) is 0.867. The van der Waals surface area contributed by atoms with Crippen LogP contribution in [0.4, 0.5) is 0 Å². The van der Waals surface area contributed by atoms with Crippen molar-refractivity contribution < 1.29 is 22.7 Å². The number of piperidine rings is 2. The summed E-state index contributed by atoms with van der Waals surface area (Å²) in [6.45, 7) is 4.01. The number of esters is 1. The Kier molecular flexibility index (Phi) is 6.02. The number of hydrogen-bond donors (Lipinski definition) is 0. The standard InChI is InChI=1S/C15H26N2O5S/c1-3-22-15(19)12-6-9-16(10-7-12)14(18)13-5-4-8-17(11-13)23(2,20)21/h12-13H,3-11H2,1-2H3/t13-/m0/s1. The minimum absolute atomic E-state index is 0.0145. The van der Waals surface area contributed by atoms with Crippen LogP contribution in [-0.4, -0.2) is 68.5 Å². The molecule has 0 N–H and O–H groups in total. The van der Waals surface area contributed by atoms with E-state index in [9.17, 15) is 18.0 Å². The third kappa shape index (κ3) is 4.67. The molecule has 0 bridgehead atoms. The normalized spacial score (nSPS) is 24.4. The lowest BCUT2D eigenvalue weighted by Crippen LogP contribution is -2.48. The molecule has 8 heteroatoms. The second kappa shape index (κ2) is 7.61. The number of carbonyl (C=O) groups excluding carboxylic acids is 2. The number of likely N-dealkylation sites (tertiary alicyclic amines) is 1. The molecule has 0 spiro atoms. The molecule has 0 aromatic heterocycles. The van der Waals surface area contributed by atoms with Gasteiger partial charge in [0.25, 0.3) is 0 Å². The van der Waals surface area contributed by atoms with Crippen LogP contribution in [0.1, 0.15) is 32.6 Å². The molecule has 2 saturated heterocycles. The van der Waals surface area contributed by atoms with Crippen LogP contribution in [0.2, 0.25) is 0 Å². The number of rotatable bonds is 4. The third-order valence-electron chi connectivity index (χ3n) is 4.63. The van der Waals surface area contributed by atoms with E-state index in [4.69, 9.17) is 4.74 Å². The Morgan fingerprint density at radius 1 is 1.09 bits per heavy atom. The molecule has 2 rings (SSSR count). The molecular weight excluding hydrogens is 320 g/mol. The first kappa shape index (κ1) is 18.2. The molecule has 0 aromatic rings. The van der Waals surface area contributed by atoms with Crippen LogP contribution >= 0.6 is 0 Å². The number of ether oxygens (including phenoxy) is 1. The molecule has 2 aliphatic rings. The Labute approximate surface area is 138 Å². The molecule has 23 heavy (non-hydrogen) atoms. The largest absolute Gasteiger partial charge is 0.466 e. The maximum Gasteiger partial charge on any atom is 0.309 e. The first-order valence-electron chi connectivity index (χ1n) is 8.23. The lowest BCUT2D eigenvalue weighted by Gasteiger charge is -2.36. The average Bonchev–Trinajstić information content (AvgIpc) is 2.54. The summed E-state index contributed by atoms with van der Waals surface area (Å²) in [6.07, 6.45) is 3.86. The maximum atomic E-state index is 12.6. The highest BCUT2D eigenvalue weighted by atomic mass is 32.2. The van der Waals surface area contributed by atoms with E-state index in [1.54, 1.807) is 11.8 Å². The van der Waals surface area contributed by atoms with Gasteiger partial charge in [-0.1, -0.05) is 0 Å². The van der Waals surface area contributed by atoms with E-state index in [1.165, 1.54) is 10.6 Å². The lowest BCUT2D eigenvalue weighted by atomic mass is 9.93. The highest BCUT2D eigenvalue weighted by molar-refractivity contribution is 7.88. The van der Waals surface area contributed by atoms with Crippen molar-refractivity contribution >= 4 is 21.9 Å². The van der Waals surface area contributed by atoms with Crippen molar-refractivity contribution in [3.8, 4) is 0 Å². The van der Waals surface area contributed by atoms with Crippen molar-refractivity contribution in [3.63, 3.8) is 0 Å². The van der Waals surface area contributed by atoms with Gasteiger partial charge in [0.2, 0.25) is 15.9 Å². The Morgan fingerprint density at radius 3 is 2.30 bits per heavy atom. The van der Waals surface area contributed by atoms with Crippen molar-refractivity contribution in [3.05, 3.63) is 0 Å². The van der Waals surface area contributed by atoms with Gasteiger partial charge in [-0.2, -0.15) is 0 Å². The molecule has 0 aromatic carbocycles. The molecule has 0 radical (unpaired) electrons. The fourth-order valence-corrected chi connectivity index (χ4v) is 4.21. The van der Waals surface area contributed by atoms with E-state index < -0.39 is 10.0 Å². The summed E-state index contributed by atoms with van der Waals surface area (Å²) in [6, 6.07) is 0. The van der Waals surface area contributed by atoms with E-state index in [2.05, 4.69) is 0 Å². The minimum atomic E-state index is -3.25. The summed E-state index contributed by atoms with van der Waals surface area (Å²) in [5.41, 5.74) is 0. The Bertz CT molecular complexity index is 540. The molecule has 1 atom stereocenters. The van der Waals surface area contributed by atoms with Gasteiger partial charge in [-0.3, -0.25) is 9.59 Å². The fourth-order valence-electron chi connectivity index (χ4n) is 3.30. The number of nitrogens with zero attached hydrogens (tertiary/aromatic N) is 2. The van der Waals surface area contributed by atoms with E-state index in [1.807, 2.05) is 0 Å². The van der Waals surface area contributed by atoms with Crippen LogP contribution in [0.5, 0.6) is 0 Å². The van der Waals surface area contributed by atoms with E-state index in [-0.39, 0.29) is 30.3 Å². The van der Waals surface area contributed by atoms with Crippen molar-refractivity contribution in [1.29, 1.82) is 0 Å². The summed E-state index contributed by atoms with van der Waals surface area (Å²) in [5, 5.41) is 0. The van der Waals surface area contributed by atoms with Crippen LogP contribution < -0.4 is 0 Å². The van der Waals surface area contributed by atoms with Crippen LogP contribution in [-0.2, 0) is 24.3 Å². The van der Waals surface area contributed by atoms with Crippen molar-refractivity contribution in [2.45, 2.75) is 32.6 Å². The Hall–Kier alpha value is -1.15. The topological polar surface area (TPSA) is 84.0 Å². The van der Waals surface area contributed by atoms with Crippen LogP contribution in [0, 0.1) is 11.8 Å². The maximum absolute atomic E-state index is 12.6. The first-order valence-corrected chi connectivity index (χ1v) is 10.1. The SMILES string of the molecule is CCOC(=O)C1CCN(C(=O)[C@H]2CCCN(S(C)(=O)=O)C2)CC1. The van der Waals surface area contributed by atoms with E-state index in [0.717, 1.165) is 6.42 Å². The van der Waals surface area contributed by atoms with Crippen LogP contribution in [0.25, 0.3) is 0 Å². The van der Waals surface area contributed by atoms with Gasteiger partial charge in [-0.05, 0) is 32.6 Å².